The van der Waals surface area contributed by atoms with Gasteiger partial charge < -0.3 is 19.7 Å². The Hall–Kier alpha value is -1.79. The zero-order valence-electron chi connectivity index (χ0n) is 12.1. The van der Waals surface area contributed by atoms with Gasteiger partial charge in [-0.1, -0.05) is 0 Å². The van der Waals surface area contributed by atoms with Gasteiger partial charge in [0.05, 0.1) is 6.61 Å². The number of hydrogen-bond donors (Lipinski definition) is 3. The molecule has 6 heteroatoms. The number of amides is 1. The van der Waals surface area contributed by atoms with Gasteiger partial charge in [0.25, 0.3) is 0 Å². The van der Waals surface area contributed by atoms with Crippen LogP contribution in [0.1, 0.15) is 25.7 Å². The molecular weight excluding hydrogens is 274 g/mol. The normalized spacial score (nSPS) is 10.3. The van der Waals surface area contributed by atoms with E-state index in [1.807, 2.05) is 0 Å². The molecule has 0 aliphatic heterocycles. The summed E-state index contributed by atoms with van der Waals surface area (Å²) in [4.78, 5) is 11.5. The quantitative estimate of drug-likeness (QED) is 0.456. The predicted octanol–water partition coefficient (Wildman–Crippen LogP) is 2.51. The minimum Gasteiger partial charge on any atom is -0.508 e. The van der Waals surface area contributed by atoms with E-state index in [-0.39, 0.29) is 12.4 Å². The number of carbonyl (C=O) groups excluding carboxylic acids is 1. The molecule has 0 bridgehead atoms. The molecule has 21 heavy (non-hydrogen) atoms. The number of ether oxygens (including phenoxy) is 2. The lowest BCUT2D eigenvalue weighted by atomic mass is 10.3. The fourth-order valence-corrected chi connectivity index (χ4v) is 1.59. The van der Waals surface area contributed by atoms with Crippen molar-refractivity contribution in [2.45, 2.75) is 25.7 Å². The van der Waals surface area contributed by atoms with Crippen molar-refractivity contribution in [1.82, 2.24) is 0 Å². The Morgan fingerprint density at radius 2 is 1.62 bits per heavy atom. The second-order valence-electron chi connectivity index (χ2n) is 4.56. The Morgan fingerprint density at radius 1 is 1.00 bits per heavy atom. The van der Waals surface area contributed by atoms with Crippen LogP contribution in [0.2, 0.25) is 0 Å². The Kier molecular flexibility index (Phi) is 8.99. The van der Waals surface area contributed by atoms with Crippen molar-refractivity contribution < 1.29 is 24.5 Å². The van der Waals surface area contributed by atoms with Gasteiger partial charge in [0, 0.05) is 25.5 Å². The van der Waals surface area contributed by atoms with Crippen LogP contribution in [0.4, 0.5) is 10.5 Å². The molecule has 3 N–H and O–H groups in total. The van der Waals surface area contributed by atoms with Crippen LogP contribution < -0.4 is 5.32 Å². The molecule has 0 aliphatic rings. The third kappa shape index (κ3) is 8.88. The highest BCUT2D eigenvalue weighted by Crippen LogP contribution is 2.13. The SMILES string of the molecule is O=C(Nc1ccc(O)cc1)OCCCCOCCCCO. The molecule has 6 nitrogen and oxygen atoms in total. The van der Waals surface area contributed by atoms with Gasteiger partial charge in [0.15, 0.2) is 0 Å². The number of nitrogens with one attached hydrogen (secondary N) is 1. The number of hydrogen-bond acceptors (Lipinski definition) is 5. The van der Waals surface area contributed by atoms with Crippen molar-refractivity contribution in [2.24, 2.45) is 0 Å². The van der Waals surface area contributed by atoms with Crippen LogP contribution in [0.5, 0.6) is 5.75 Å². The molecule has 0 unspecified atom stereocenters. The molecule has 0 fully saturated rings. The van der Waals surface area contributed by atoms with Crippen LogP contribution in [0, 0.1) is 0 Å². The highest BCUT2D eigenvalue weighted by Gasteiger charge is 2.02. The lowest BCUT2D eigenvalue weighted by Crippen LogP contribution is -2.14. The third-order valence-electron chi connectivity index (χ3n) is 2.73. The maximum Gasteiger partial charge on any atom is 0.411 e. The monoisotopic (exact) mass is 297 g/mol. The molecule has 0 saturated carbocycles. The van der Waals surface area contributed by atoms with Crippen molar-refractivity contribution in [3.63, 3.8) is 0 Å². The van der Waals surface area contributed by atoms with E-state index < -0.39 is 6.09 Å². The first-order valence-corrected chi connectivity index (χ1v) is 7.14. The summed E-state index contributed by atoms with van der Waals surface area (Å²) in [7, 11) is 0. The highest BCUT2D eigenvalue weighted by atomic mass is 16.5. The maximum absolute atomic E-state index is 11.5. The first-order valence-electron chi connectivity index (χ1n) is 7.14. The molecule has 1 aromatic carbocycles. The first-order chi connectivity index (χ1) is 10.2. The van der Waals surface area contributed by atoms with Crippen LogP contribution in [0.3, 0.4) is 0 Å². The summed E-state index contributed by atoms with van der Waals surface area (Å²) in [5.41, 5.74) is 0.574. The van der Waals surface area contributed by atoms with E-state index >= 15 is 0 Å². The number of rotatable bonds is 10. The van der Waals surface area contributed by atoms with Crippen molar-refractivity contribution in [3.8, 4) is 5.75 Å². The molecule has 1 rings (SSSR count). The number of aliphatic hydroxyl groups is 1. The molecule has 1 amide bonds. The number of aliphatic hydroxyl groups excluding tert-OH is 1. The zero-order valence-corrected chi connectivity index (χ0v) is 12.1. The fraction of sp³-hybridized carbons (Fsp3) is 0.533. The minimum atomic E-state index is -0.510. The Bertz CT molecular complexity index is 394. The summed E-state index contributed by atoms with van der Waals surface area (Å²) in [5, 5.41) is 20.3. The Balaban J connectivity index is 1.97. The lowest BCUT2D eigenvalue weighted by Gasteiger charge is -2.07. The molecular formula is C15H23NO5. The van der Waals surface area contributed by atoms with E-state index in [1.165, 1.54) is 12.1 Å². The standard InChI is InChI=1S/C15H23NO5/c17-9-1-2-10-20-11-3-4-12-21-15(19)16-13-5-7-14(18)8-6-13/h5-8,17-18H,1-4,9-12H2,(H,16,19). The van der Waals surface area contributed by atoms with E-state index in [0.29, 0.717) is 25.5 Å². The van der Waals surface area contributed by atoms with Gasteiger partial charge >= 0.3 is 6.09 Å². The van der Waals surface area contributed by atoms with Gasteiger partial charge in [0.2, 0.25) is 0 Å². The smallest absolute Gasteiger partial charge is 0.411 e. The number of aromatic hydroxyl groups is 1. The Labute approximate surface area is 124 Å². The summed E-state index contributed by atoms with van der Waals surface area (Å²) >= 11 is 0. The highest BCUT2D eigenvalue weighted by molar-refractivity contribution is 5.84. The van der Waals surface area contributed by atoms with Crippen molar-refractivity contribution in [1.29, 1.82) is 0 Å². The number of carbonyl (C=O) groups is 1. The van der Waals surface area contributed by atoms with Crippen molar-refractivity contribution in [3.05, 3.63) is 24.3 Å². The second-order valence-corrected chi connectivity index (χ2v) is 4.56. The molecule has 0 spiro atoms. The maximum atomic E-state index is 11.5. The van der Waals surface area contributed by atoms with E-state index in [2.05, 4.69) is 5.32 Å². The molecule has 0 heterocycles. The van der Waals surface area contributed by atoms with Crippen LogP contribution in [-0.2, 0) is 9.47 Å². The van der Waals surface area contributed by atoms with Crippen LogP contribution >= 0.6 is 0 Å². The van der Waals surface area contributed by atoms with Gasteiger partial charge in [-0.2, -0.15) is 0 Å². The van der Waals surface area contributed by atoms with Crippen LogP contribution in [0.15, 0.2) is 24.3 Å². The van der Waals surface area contributed by atoms with Crippen LogP contribution in [-0.4, -0.2) is 42.7 Å². The summed E-state index contributed by atoms with van der Waals surface area (Å²) in [6.45, 7) is 1.83. The number of anilines is 1. The molecule has 0 aromatic heterocycles. The molecule has 0 saturated heterocycles. The largest absolute Gasteiger partial charge is 0.508 e. The average molecular weight is 297 g/mol. The van der Waals surface area contributed by atoms with Crippen molar-refractivity contribution in [2.75, 3.05) is 31.7 Å². The first kappa shape index (κ1) is 17.3. The molecule has 0 aliphatic carbocycles. The Morgan fingerprint density at radius 3 is 2.29 bits per heavy atom. The average Bonchev–Trinajstić information content (AvgIpc) is 2.48. The van der Waals surface area contributed by atoms with E-state index in [0.717, 1.165) is 25.7 Å². The topological polar surface area (TPSA) is 88.0 Å². The summed E-state index contributed by atoms with van der Waals surface area (Å²) in [6, 6.07) is 6.17. The number of phenolic OH excluding ortho intramolecular Hbond substituents is 1. The number of phenols is 1. The predicted molar refractivity (Wildman–Crippen MR) is 79.5 cm³/mol. The van der Waals surface area contributed by atoms with Gasteiger partial charge in [-0.25, -0.2) is 4.79 Å². The van der Waals surface area contributed by atoms with Gasteiger partial charge in [-0.3, -0.25) is 5.32 Å². The molecule has 118 valence electrons. The lowest BCUT2D eigenvalue weighted by molar-refractivity contribution is 0.113. The van der Waals surface area contributed by atoms with E-state index in [9.17, 15) is 4.79 Å². The number of unbranched alkanes of at least 4 members (excludes halogenated alkanes) is 2. The summed E-state index contributed by atoms with van der Waals surface area (Å²) < 4.78 is 10.4. The van der Waals surface area contributed by atoms with Gasteiger partial charge in [0.1, 0.15) is 5.75 Å². The van der Waals surface area contributed by atoms with Crippen molar-refractivity contribution >= 4 is 11.8 Å². The minimum absolute atomic E-state index is 0.146. The zero-order chi connectivity index (χ0) is 15.3. The van der Waals surface area contributed by atoms with E-state index in [1.54, 1.807) is 12.1 Å². The van der Waals surface area contributed by atoms with Gasteiger partial charge in [-0.15, -0.1) is 0 Å². The summed E-state index contributed by atoms with van der Waals surface area (Å²) in [6.07, 6.45) is 2.68. The molecule has 1 aromatic rings. The number of benzene rings is 1. The third-order valence-corrected chi connectivity index (χ3v) is 2.73. The second kappa shape index (κ2) is 10.9. The fourth-order valence-electron chi connectivity index (χ4n) is 1.59. The summed E-state index contributed by atoms with van der Waals surface area (Å²) in [5.74, 6) is 0.146. The molecule has 0 atom stereocenters. The van der Waals surface area contributed by atoms with Gasteiger partial charge in [-0.05, 0) is 49.9 Å². The van der Waals surface area contributed by atoms with E-state index in [4.69, 9.17) is 19.7 Å². The van der Waals surface area contributed by atoms with Crippen LogP contribution in [0.25, 0.3) is 0 Å². The molecule has 0 radical (unpaired) electrons.